The summed E-state index contributed by atoms with van der Waals surface area (Å²) in [5.41, 5.74) is 1.93. The second kappa shape index (κ2) is 4.77. The van der Waals surface area contributed by atoms with Crippen molar-refractivity contribution in [2.24, 2.45) is 0 Å². The molecular formula is C9H15N3O. The minimum Gasteiger partial charge on any atom is -0.383 e. The van der Waals surface area contributed by atoms with Crippen LogP contribution in [-0.4, -0.2) is 30.2 Å². The van der Waals surface area contributed by atoms with Crippen molar-refractivity contribution < 1.29 is 4.74 Å². The summed E-state index contributed by atoms with van der Waals surface area (Å²) in [6, 6.07) is 0. The highest BCUT2D eigenvalue weighted by Crippen LogP contribution is 2.04. The van der Waals surface area contributed by atoms with Crippen molar-refractivity contribution in [3.8, 4) is 0 Å². The van der Waals surface area contributed by atoms with Crippen LogP contribution in [-0.2, 0) is 4.74 Å². The van der Waals surface area contributed by atoms with Crippen molar-refractivity contribution in [1.82, 2.24) is 9.97 Å². The monoisotopic (exact) mass is 181 g/mol. The Balaban J connectivity index is 2.53. The summed E-state index contributed by atoms with van der Waals surface area (Å²) >= 11 is 0. The van der Waals surface area contributed by atoms with Gasteiger partial charge in [0.15, 0.2) is 0 Å². The van der Waals surface area contributed by atoms with Gasteiger partial charge in [-0.1, -0.05) is 0 Å². The van der Waals surface area contributed by atoms with E-state index in [0.29, 0.717) is 6.61 Å². The van der Waals surface area contributed by atoms with E-state index in [1.165, 1.54) is 0 Å². The van der Waals surface area contributed by atoms with Gasteiger partial charge in [0, 0.05) is 13.7 Å². The van der Waals surface area contributed by atoms with E-state index in [1.807, 2.05) is 13.8 Å². The van der Waals surface area contributed by atoms with E-state index in [1.54, 1.807) is 13.3 Å². The minimum absolute atomic E-state index is 0.675. The summed E-state index contributed by atoms with van der Waals surface area (Å²) < 4.78 is 4.91. The summed E-state index contributed by atoms with van der Waals surface area (Å²) in [5.74, 6) is 0.806. The average molecular weight is 181 g/mol. The number of ether oxygens (including phenoxy) is 1. The van der Waals surface area contributed by atoms with Crippen LogP contribution >= 0.6 is 0 Å². The molecule has 0 saturated carbocycles. The van der Waals surface area contributed by atoms with Crippen LogP contribution in [0.5, 0.6) is 0 Å². The van der Waals surface area contributed by atoms with Crippen LogP contribution in [0.1, 0.15) is 11.4 Å². The molecule has 4 heteroatoms. The number of hydrogen-bond acceptors (Lipinski definition) is 4. The van der Waals surface area contributed by atoms with Crippen LogP contribution in [0.3, 0.4) is 0 Å². The fourth-order valence-corrected chi connectivity index (χ4v) is 0.908. The van der Waals surface area contributed by atoms with E-state index in [-0.39, 0.29) is 0 Å². The molecule has 0 aliphatic heterocycles. The molecule has 0 atom stereocenters. The van der Waals surface area contributed by atoms with Gasteiger partial charge in [0.05, 0.1) is 24.2 Å². The third kappa shape index (κ3) is 2.99. The summed E-state index contributed by atoms with van der Waals surface area (Å²) in [6.07, 6.45) is 1.73. The van der Waals surface area contributed by atoms with Crippen LogP contribution in [0.2, 0.25) is 0 Å². The molecule has 72 valence electrons. The third-order valence-electron chi connectivity index (χ3n) is 1.80. The number of aryl methyl sites for hydroxylation is 2. The molecule has 1 aromatic heterocycles. The number of methoxy groups -OCH3 is 1. The molecule has 0 unspecified atom stereocenters. The third-order valence-corrected chi connectivity index (χ3v) is 1.80. The first kappa shape index (κ1) is 9.92. The fourth-order valence-electron chi connectivity index (χ4n) is 0.908. The molecule has 0 fully saturated rings. The summed E-state index contributed by atoms with van der Waals surface area (Å²) in [4.78, 5) is 8.51. The quantitative estimate of drug-likeness (QED) is 0.708. The van der Waals surface area contributed by atoms with Crippen LogP contribution in [0.25, 0.3) is 0 Å². The average Bonchev–Trinajstić information content (AvgIpc) is 2.12. The molecule has 1 N–H and O–H groups in total. The van der Waals surface area contributed by atoms with Crippen LogP contribution < -0.4 is 5.32 Å². The van der Waals surface area contributed by atoms with Gasteiger partial charge in [-0.3, -0.25) is 4.98 Å². The van der Waals surface area contributed by atoms with Crippen molar-refractivity contribution >= 4 is 5.82 Å². The zero-order valence-corrected chi connectivity index (χ0v) is 8.29. The first-order valence-corrected chi connectivity index (χ1v) is 4.27. The first-order valence-electron chi connectivity index (χ1n) is 4.27. The highest BCUT2D eigenvalue weighted by Gasteiger charge is 1.97. The van der Waals surface area contributed by atoms with Crippen molar-refractivity contribution in [1.29, 1.82) is 0 Å². The molecule has 0 saturated heterocycles. The standard InChI is InChI=1S/C9H15N3O/c1-7-8(2)12-9(6-11-7)10-4-5-13-3/h6H,4-5H2,1-3H3,(H,10,12). The van der Waals surface area contributed by atoms with Gasteiger partial charge >= 0.3 is 0 Å². The number of rotatable bonds is 4. The number of aromatic nitrogens is 2. The molecule has 0 amide bonds. The molecule has 4 nitrogen and oxygen atoms in total. The van der Waals surface area contributed by atoms with Gasteiger partial charge < -0.3 is 10.1 Å². The van der Waals surface area contributed by atoms with E-state index in [4.69, 9.17) is 4.74 Å². The minimum atomic E-state index is 0.675. The zero-order chi connectivity index (χ0) is 9.68. The molecule has 0 aliphatic rings. The lowest BCUT2D eigenvalue weighted by atomic mass is 10.3. The molecule has 1 aromatic rings. The Bertz CT molecular complexity index is 276. The van der Waals surface area contributed by atoms with Gasteiger partial charge in [-0.15, -0.1) is 0 Å². The molecule has 13 heavy (non-hydrogen) atoms. The van der Waals surface area contributed by atoms with Gasteiger partial charge in [-0.2, -0.15) is 0 Å². The van der Waals surface area contributed by atoms with Crippen molar-refractivity contribution in [2.75, 3.05) is 25.6 Å². The molecule has 0 bridgehead atoms. The normalized spacial score (nSPS) is 10.1. The maximum absolute atomic E-state index is 4.91. The lowest BCUT2D eigenvalue weighted by molar-refractivity contribution is 0.210. The Morgan fingerprint density at radius 2 is 2.15 bits per heavy atom. The Morgan fingerprint density at radius 3 is 2.77 bits per heavy atom. The van der Waals surface area contributed by atoms with Gasteiger partial charge in [-0.25, -0.2) is 4.98 Å². The number of nitrogens with zero attached hydrogens (tertiary/aromatic N) is 2. The van der Waals surface area contributed by atoms with E-state index in [0.717, 1.165) is 23.8 Å². The van der Waals surface area contributed by atoms with E-state index >= 15 is 0 Å². The number of hydrogen-bond donors (Lipinski definition) is 1. The van der Waals surface area contributed by atoms with Crippen LogP contribution in [0.4, 0.5) is 5.82 Å². The second-order valence-corrected chi connectivity index (χ2v) is 2.85. The smallest absolute Gasteiger partial charge is 0.144 e. The van der Waals surface area contributed by atoms with Crippen molar-refractivity contribution in [2.45, 2.75) is 13.8 Å². The Morgan fingerprint density at radius 1 is 1.38 bits per heavy atom. The Labute approximate surface area is 78.4 Å². The maximum atomic E-state index is 4.91. The van der Waals surface area contributed by atoms with Gasteiger partial charge in [0.1, 0.15) is 5.82 Å². The highest BCUT2D eigenvalue weighted by molar-refractivity contribution is 5.33. The maximum Gasteiger partial charge on any atom is 0.144 e. The predicted molar refractivity (Wildman–Crippen MR) is 51.9 cm³/mol. The SMILES string of the molecule is COCCNc1cnc(C)c(C)n1. The molecule has 0 spiro atoms. The summed E-state index contributed by atoms with van der Waals surface area (Å²) in [5, 5.41) is 3.12. The Hall–Kier alpha value is -1.16. The Kier molecular flexibility index (Phi) is 3.64. The highest BCUT2D eigenvalue weighted by atomic mass is 16.5. The van der Waals surface area contributed by atoms with Crippen molar-refractivity contribution in [3.05, 3.63) is 17.6 Å². The topological polar surface area (TPSA) is 47.0 Å². The zero-order valence-electron chi connectivity index (χ0n) is 8.29. The van der Waals surface area contributed by atoms with E-state index in [2.05, 4.69) is 15.3 Å². The lowest BCUT2D eigenvalue weighted by Crippen LogP contribution is -2.09. The first-order chi connectivity index (χ1) is 6.24. The van der Waals surface area contributed by atoms with E-state index in [9.17, 15) is 0 Å². The lowest BCUT2D eigenvalue weighted by Gasteiger charge is -2.05. The second-order valence-electron chi connectivity index (χ2n) is 2.85. The molecule has 1 heterocycles. The van der Waals surface area contributed by atoms with Gasteiger partial charge in [-0.05, 0) is 13.8 Å². The van der Waals surface area contributed by atoms with Gasteiger partial charge in [0.25, 0.3) is 0 Å². The molecular weight excluding hydrogens is 166 g/mol. The molecule has 1 rings (SSSR count). The number of nitrogens with one attached hydrogen (secondary N) is 1. The van der Waals surface area contributed by atoms with Gasteiger partial charge in [0.2, 0.25) is 0 Å². The summed E-state index contributed by atoms with van der Waals surface area (Å²) in [7, 11) is 1.67. The largest absolute Gasteiger partial charge is 0.383 e. The van der Waals surface area contributed by atoms with E-state index < -0.39 is 0 Å². The predicted octanol–water partition coefficient (Wildman–Crippen LogP) is 1.15. The molecule has 0 aliphatic carbocycles. The fraction of sp³-hybridized carbons (Fsp3) is 0.556. The molecule has 0 aromatic carbocycles. The molecule has 0 radical (unpaired) electrons. The van der Waals surface area contributed by atoms with Crippen LogP contribution in [0, 0.1) is 13.8 Å². The summed E-state index contributed by atoms with van der Waals surface area (Å²) in [6.45, 7) is 5.33. The van der Waals surface area contributed by atoms with Crippen LogP contribution in [0.15, 0.2) is 6.20 Å². The van der Waals surface area contributed by atoms with Crippen molar-refractivity contribution in [3.63, 3.8) is 0 Å². The number of anilines is 1.